The number of imidazole rings is 1. The van der Waals surface area contributed by atoms with Crippen molar-refractivity contribution in [3.8, 4) is 0 Å². The molecule has 0 aliphatic heterocycles. The molecule has 3 aromatic carbocycles. The molecule has 0 aliphatic rings. The minimum absolute atomic E-state index is 0.0649. The normalized spacial score (nSPS) is 11.9. The lowest BCUT2D eigenvalue weighted by Crippen LogP contribution is -2.30. The summed E-state index contributed by atoms with van der Waals surface area (Å²) in [6, 6.07) is 19.9. The minimum Gasteiger partial charge on any atom is -0.342 e. The first-order valence-corrected chi connectivity index (χ1v) is 11.1. The van der Waals surface area contributed by atoms with Crippen LogP contribution in [0.3, 0.4) is 0 Å². The van der Waals surface area contributed by atoms with Gasteiger partial charge in [0.25, 0.3) is 5.91 Å². The summed E-state index contributed by atoms with van der Waals surface area (Å²) in [5, 5.41) is 6.32. The predicted octanol–water partition coefficient (Wildman–Crippen LogP) is 5.44. The van der Waals surface area contributed by atoms with E-state index in [1.54, 1.807) is 24.3 Å². The van der Waals surface area contributed by atoms with Crippen molar-refractivity contribution in [3.05, 3.63) is 94.3 Å². The van der Waals surface area contributed by atoms with Crippen LogP contribution in [0.1, 0.15) is 40.3 Å². The summed E-state index contributed by atoms with van der Waals surface area (Å²) in [5.41, 5.74) is 4.88. The van der Waals surface area contributed by atoms with Crippen LogP contribution in [0.5, 0.6) is 0 Å². The third kappa shape index (κ3) is 4.91. The monoisotopic (exact) mass is 460 g/mol. The van der Waals surface area contributed by atoms with Crippen LogP contribution in [0.15, 0.2) is 66.7 Å². The first kappa shape index (κ1) is 22.6. The highest BCUT2D eigenvalue weighted by molar-refractivity contribution is 6.33. The fourth-order valence-electron chi connectivity index (χ4n) is 3.86. The molecule has 0 aliphatic carbocycles. The van der Waals surface area contributed by atoms with Crippen molar-refractivity contribution in [3.63, 3.8) is 0 Å². The third-order valence-electron chi connectivity index (χ3n) is 5.50. The summed E-state index contributed by atoms with van der Waals surface area (Å²) < 4.78 is 1.84. The zero-order chi connectivity index (χ0) is 23.5. The van der Waals surface area contributed by atoms with Gasteiger partial charge in [-0.15, -0.1) is 0 Å². The number of fused-ring (bicyclic) bond motifs is 1. The van der Waals surface area contributed by atoms with Gasteiger partial charge >= 0.3 is 0 Å². The fourth-order valence-corrected chi connectivity index (χ4v) is 4.08. The Hall–Kier alpha value is -3.64. The molecule has 0 bridgehead atoms. The Morgan fingerprint density at radius 1 is 1.03 bits per heavy atom. The van der Waals surface area contributed by atoms with Crippen molar-refractivity contribution in [1.82, 2.24) is 14.9 Å². The molecule has 0 spiro atoms. The highest BCUT2D eigenvalue weighted by Crippen LogP contribution is 2.23. The Balaban J connectivity index is 1.60. The number of carbonyl (C=O) groups excluding carboxylic acids is 2. The molecule has 0 saturated heterocycles. The lowest BCUT2D eigenvalue weighted by atomic mass is 10.1. The molecule has 4 rings (SSSR count). The Morgan fingerprint density at radius 3 is 2.52 bits per heavy atom. The van der Waals surface area contributed by atoms with Gasteiger partial charge in [-0.2, -0.15) is 0 Å². The number of anilines is 1. The van der Waals surface area contributed by atoms with Gasteiger partial charge < -0.3 is 15.2 Å². The SMILES string of the molecule is Cc1ccc(NC(=O)Cn2c(C(C)NC(=O)c3ccccc3Cl)nc3ccccc32)c(C)c1. The Morgan fingerprint density at radius 2 is 1.76 bits per heavy atom. The largest absolute Gasteiger partial charge is 0.342 e. The van der Waals surface area contributed by atoms with Gasteiger partial charge in [-0.1, -0.05) is 53.6 Å². The summed E-state index contributed by atoms with van der Waals surface area (Å²) in [4.78, 5) is 30.5. The number of nitrogens with one attached hydrogen (secondary N) is 2. The number of aryl methyl sites for hydroxylation is 2. The van der Waals surface area contributed by atoms with Crippen molar-refractivity contribution in [2.75, 3.05) is 5.32 Å². The number of aromatic nitrogens is 2. The number of rotatable bonds is 6. The molecule has 2 N–H and O–H groups in total. The number of carbonyl (C=O) groups is 2. The smallest absolute Gasteiger partial charge is 0.253 e. The Kier molecular flexibility index (Phi) is 6.47. The number of amides is 2. The fraction of sp³-hybridized carbons (Fsp3) is 0.192. The van der Waals surface area contributed by atoms with E-state index in [2.05, 4.69) is 10.6 Å². The lowest BCUT2D eigenvalue weighted by molar-refractivity contribution is -0.116. The van der Waals surface area contributed by atoms with Crippen LogP contribution in [-0.4, -0.2) is 21.4 Å². The average Bonchev–Trinajstić information content (AvgIpc) is 3.14. The van der Waals surface area contributed by atoms with E-state index in [0.29, 0.717) is 16.4 Å². The van der Waals surface area contributed by atoms with Crippen molar-refractivity contribution >= 4 is 40.1 Å². The van der Waals surface area contributed by atoms with E-state index in [1.165, 1.54) is 0 Å². The molecule has 0 fully saturated rings. The number of halogens is 1. The number of hydrogen-bond acceptors (Lipinski definition) is 3. The van der Waals surface area contributed by atoms with Crippen LogP contribution < -0.4 is 10.6 Å². The molecule has 1 atom stereocenters. The molecule has 2 amide bonds. The summed E-state index contributed by atoms with van der Waals surface area (Å²) >= 11 is 6.18. The maximum absolute atomic E-state index is 13.0. The van der Waals surface area contributed by atoms with Crippen LogP contribution >= 0.6 is 11.6 Å². The van der Waals surface area contributed by atoms with E-state index < -0.39 is 6.04 Å². The summed E-state index contributed by atoms with van der Waals surface area (Å²) in [5.74, 6) is 0.120. The molecular formula is C26H25ClN4O2. The van der Waals surface area contributed by atoms with Gasteiger partial charge in [0.05, 0.1) is 27.7 Å². The van der Waals surface area contributed by atoms with E-state index in [-0.39, 0.29) is 18.4 Å². The Labute approximate surface area is 197 Å². The van der Waals surface area contributed by atoms with E-state index in [4.69, 9.17) is 16.6 Å². The molecule has 6 nitrogen and oxygen atoms in total. The van der Waals surface area contributed by atoms with Gasteiger partial charge in [0.2, 0.25) is 5.91 Å². The first-order valence-electron chi connectivity index (χ1n) is 10.7. The zero-order valence-corrected chi connectivity index (χ0v) is 19.5. The molecule has 0 saturated carbocycles. The molecule has 168 valence electrons. The molecule has 7 heteroatoms. The standard InChI is InChI=1S/C26H25ClN4O2/c1-16-12-13-21(17(2)14-16)29-24(32)15-31-23-11-7-6-10-22(23)30-25(31)18(3)28-26(33)19-8-4-5-9-20(19)27/h4-14,18H,15H2,1-3H3,(H,28,33)(H,29,32). The maximum atomic E-state index is 13.0. The van der Waals surface area contributed by atoms with Crippen LogP contribution in [0.4, 0.5) is 5.69 Å². The van der Waals surface area contributed by atoms with Gasteiger partial charge in [-0.3, -0.25) is 9.59 Å². The highest BCUT2D eigenvalue weighted by atomic mass is 35.5. The molecule has 33 heavy (non-hydrogen) atoms. The van der Waals surface area contributed by atoms with Crippen LogP contribution in [-0.2, 0) is 11.3 Å². The maximum Gasteiger partial charge on any atom is 0.253 e. The molecule has 4 aromatic rings. The van der Waals surface area contributed by atoms with Crippen LogP contribution in [0, 0.1) is 13.8 Å². The molecule has 1 heterocycles. The summed E-state index contributed by atoms with van der Waals surface area (Å²) in [6.07, 6.45) is 0. The predicted molar refractivity (Wildman–Crippen MR) is 132 cm³/mol. The van der Waals surface area contributed by atoms with Crippen molar-refractivity contribution in [1.29, 1.82) is 0 Å². The molecule has 1 unspecified atom stereocenters. The van der Waals surface area contributed by atoms with E-state index >= 15 is 0 Å². The van der Waals surface area contributed by atoms with E-state index in [1.807, 2.05) is 67.8 Å². The van der Waals surface area contributed by atoms with Gasteiger partial charge in [0.15, 0.2) is 0 Å². The number of para-hydroxylation sites is 2. The summed E-state index contributed by atoms with van der Waals surface area (Å²) in [7, 11) is 0. The number of nitrogens with zero attached hydrogens (tertiary/aromatic N) is 2. The lowest BCUT2D eigenvalue weighted by Gasteiger charge is -2.17. The van der Waals surface area contributed by atoms with Gasteiger partial charge in [-0.05, 0) is 56.7 Å². The minimum atomic E-state index is -0.449. The number of hydrogen-bond donors (Lipinski definition) is 2. The Bertz CT molecular complexity index is 1350. The van der Waals surface area contributed by atoms with E-state index in [0.717, 1.165) is 27.8 Å². The zero-order valence-electron chi connectivity index (χ0n) is 18.7. The average molecular weight is 461 g/mol. The van der Waals surface area contributed by atoms with Crippen LogP contribution in [0.25, 0.3) is 11.0 Å². The van der Waals surface area contributed by atoms with Crippen molar-refractivity contribution in [2.24, 2.45) is 0 Å². The number of benzene rings is 3. The van der Waals surface area contributed by atoms with Crippen LogP contribution in [0.2, 0.25) is 5.02 Å². The topological polar surface area (TPSA) is 76.0 Å². The third-order valence-corrected chi connectivity index (χ3v) is 5.82. The first-order chi connectivity index (χ1) is 15.8. The van der Waals surface area contributed by atoms with Gasteiger partial charge in [0.1, 0.15) is 12.4 Å². The van der Waals surface area contributed by atoms with E-state index in [9.17, 15) is 9.59 Å². The van der Waals surface area contributed by atoms with Crippen molar-refractivity contribution in [2.45, 2.75) is 33.4 Å². The van der Waals surface area contributed by atoms with Gasteiger partial charge in [-0.25, -0.2) is 4.98 Å². The second kappa shape index (κ2) is 9.46. The molecular weight excluding hydrogens is 436 g/mol. The second-order valence-corrected chi connectivity index (χ2v) is 8.49. The summed E-state index contributed by atoms with van der Waals surface area (Å²) in [6.45, 7) is 5.89. The second-order valence-electron chi connectivity index (χ2n) is 8.09. The highest BCUT2D eigenvalue weighted by Gasteiger charge is 2.21. The van der Waals surface area contributed by atoms with Gasteiger partial charge in [0, 0.05) is 5.69 Å². The molecule has 0 radical (unpaired) electrons. The molecule has 1 aromatic heterocycles. The quantitative estimate of drug-likeness (QED) is 0.402. The van der Waals surface area contributed by atoms with Crippen molar-refractivity contribution < 1.29 is 9.59 Å².